The first kappa shape index (κ1) is 22.5. The molecule has 1 fully saturated rings. The van der Waals surface area contributed by atoms with E-state index in [2.05, 4.69) is 32.0 Å². The molecule has 1 saturated heterocycles. The Morgan fingerprint density at radius 2 is 1.73 bits per heavy atom. The molecule has 7 heteroatoms. The van der Waals surface area contributed by atoms with E-state index < -0.39 is 10.0 Å². The molecule has 0 spiro atoms. The zero-order chi connectivity index (χ0) is 21.7. The summed E-state index contributed by atoms with van der Waals surface area (Å²) in [7, 11) is -1.49. The third kappa shape index (κ3) is 5.90. The average molecular weight is 431 g/mol. The van der Waals surface area contributed by atoms with Crippen molar-refractivity contribution in [2.45, 2.75) is 26.1 Å². The van der Waals surface area contributed by atoms with E-state index >= 15 is 0 Å². The SMILES string of the molecule is Cc1ccc(CN(C)C(=O)C[NH+]2CCN(S(=O)(=O)Cc3ccccc3)CC2)c(C)c1. The highest BCUT2D eigenvalue weighted by Crippen LogP contribution is 2.13. The van der Waals surface area contributed by atoms with E-state index in [0.717, 1.165) is 16.0 Å². The number of quaternary nitrogens is 1. The van der Waals surface area contributed by atoms with Gasteiger partial charge in [0.15, 0.2) is 6.54 Å². The summed E-state index contributed by atoms with van der Waals surface area (Å²) in [6.07, 6.45) is 0. The molecular weight excluding hydrogens is 398 g/mol. The topological polar surface area (TPSA) is 62.1 Å². The van der Waals surface area contributed by atoms with Crippen LogP contribution in [0.5, 0.6) is 0 Å². The van der Waals surface area contributed by atoms with Gasteiger partial charge in [0.05, 0.1) is 31.9 Å². The molecule has 0 aromatic heterocycles. The Morgan fingerprint density at radius 3 is 2.37 bits per heavy atom. The lowest BCUT2D eigenvalue weighted by Gasteiger charge is -2.32. The first-order valence-corrected chi connectivity index (χ1v) is 12.0. The summed E-state index contributed by atoms with van der Waals surface area (Å²) in [6, 6.07) is 15.5. The Kier molecular flexibility index (Phi) is 7.28. The predicted octanol–water partition coefficient (Wildman–Crippen LogP) is 0.992. The molecule has 0 atom stereocenters. The molecule has 6 nitrogen and oxygen atoms in total. The van der Waals surface area contributed by atoms with Crippen molar-refractivity contribution in [3.05, 3.63) is 70.8 Å². The Labute approximate surface area is 180 Å². The molecule has 0 unspecified atom stereocenters. The van der Waals surface area contributed by atoms with Gasteiger partial charge < -0.3 is 9.80 Å². The van der Waals surface area contributed by atoms with Gasteiger partial charge in [0.25, 0.3) is 5.91 Å². The number of nitrogens with one attached hydrogen (secondary N) is 1. The molecule has 0 radical (unpaired) electrons. The second-order valence-electron chi connectivity index (χ2n) is 8.25. The van der Waals surface area contributed by atoms with E-state index in [-0.39, 0.29) is 11.7 Å². The van der Waals surface area contributed by atoms with E-state index in [1.165, 1.54) is 11.1 Å². The Bertz CT molecular complexity index is 968. The molecule has 2 aromatic carbocycles. The normalized spacial score (nSPS) is 15.8. The van der Waals surface area contributed by atoms with Gasteiger partial charge in [0.2, 0.25) is 10.0 Å². The molecule has 0 aliphatic carbocycles. The van der Waals surface area contributed by atoms with Crippen LogP contribution in [-0.2, 0) is 27.1 Å². The van der Waals surface area contributed by atoms with Crippen LogP contribution in [-0.4, -0.2) is 63.3 Å². The van der Waals surface area contributed by atoms with Crippen molar-refractivity contribution >= 4 is 15.9 Å². The zero-order valence-electron chi connectivity index (χ0n) is 18.1. The van der Waals surface area contributed by atoms with Crippen LogP contribution in [0.1, 0.15) is 22.3 Å². The molecule has 1 aliphatic rings. The highest BCUT2D eigenvalue weighted by molar-refractivity contribution is 7.88. The number of rotatable bonds is 7. The second kappa shape index (κ2) is 9.73. The minimum Gasteiger partial charge on any atom is -0.337 e. The van der Waals surface area contributed by atoms with Crippen LogP contribution in [0.4, 0.5) is 0 Å². The number of hydrogen-bond acceptors (Lipinski definition) is 3. The summed E-state index contributed by atoms with van der Waals surface area (Å²) < 4.78 is 26.9. The lowest BCUT2D eigenvalue weighted by Crippen LogP contribution is -3.15. The van der Waals surface area contributed by atoms with Crippen molar-refractivity contribution in [2.24, 2.45) is 0 Å². The van der Waals surface area contributed by atoms with Gasteiger partial charge in [-0.05, 0) is 30.5 Å². The van der Waals surface area contributed by atoms with Crippen molar-refractivity contribution < 1.29 is 18.1 Å². The molecule has 1 amide bonds. The van der Waals surface area contributed by atoms with Gasteiger partial charge >= 0.3 is 0 Å². The molecule has 0 bridgehead atoms. The lowest BCUT2D eigenvalue weighted by atomic mass is 10.1. The van der Waals surface area contributed by atoms with Crippen molar-refractivity contribution in [1.29, 1.82) is 0 Å². The second-order valence-corrected chi connectivity index (χ2v) is 10.2. The average Bonchev–Trinajstić information content (AvgIpc) is 2.71. The molecule has 2 aromatic rings. The number of benzene rings is 2. The summed E-state index contributed by atoms with van der Waals surface area (Å²) in [4.78, 5) is 15.6. The number of likely N-dealkylation sites (N-methyl/N-ethyl adjacent to an activating group) is 1. The first-order chi connectivity index (χ1) is 14.2. The smallest absolute Gasteiger partial charge is 0.277 e. The summed E-state index contributed by atoms with van der Waals surface area (Å²) in [5, 5.41) is 0. The van der Waals surface area contributed by atoms with Crippen molar-refractivity contribution in [3.63, 3.8) is 0 Å². The molecule has 1 N–H and O–H groups in total. The summed E-state index contributed by atoms with van der Waals surface area (Å²) in [6.45, 7) is 7.34. The number of carbonyl (C=O) groups is 1. The maximum atomic E-state index is 12.7. The van der Waals surface area contributed by atoms with Crippen LogP contribution in [0.25, 0.3) is 0 Å². The summed E-state index contributed by atoms with van der Waals surface area (Å²) in [5.74, 6) is 0.117. The van der Waals surface area contributed by atoms with Gasteiger partial charge in [-0.3, -0.25) is 4.79 Å². The van der Waals surface area contributed by atoms with Gasteiger partial charge in [0, 0.05) is 13.6 Å². The Hall–Kier alpha value is -2.22. The first-order valence-electron chi connectivity index (χ1n) is 10.4. The van der Waals surface area contributed by atoms with E-state index in [1.54, 1.807) is 9.21 Å². The summed E-state index contributed by atoms with van der Waals surface area (Å²) >= 11 is 0. The van der Waals surface area contributed by atoms with Crippen molar-refractivity contribution in [2.75, 3.05) is 39.8 Å². The fraction of sp³-hybridized carbons (Fsp3) is 0.435. The van der Waals surface area contributed by atoms with Crippen molar-refractivity contribution in [3.8, 4) is 0 Å². The number of nitrogens with zero attached hydrogens (tertiary/aromatic N) is 2. The van der Waals surface area contributed by atoms with E-state index in [9.17, 15) is 13.2 Å². The summed E-state index contributed by atoms with van der Waals surface area (Å²) in [5.41, 5.74) is 4.37. The van der Waals surface area contributed by atoms with Crippen LogP contribution in [0, 0.1) is 13.8 Å². The van der Waals surface area contributed by atoms with Crippen molar-refractivity contribution in [1.82, 2.24) is 9.21 Å². The zero-order valence-corrected chi connectivity index (χ0v) is 18.9. The number of aryl methyl sites for hydroxylation is 2. The standard InChI is InChI=1S/C23H31N3O3S/c1-19-9-10-22(20(2)15-19)16-24(3)23(27)17-25-11-13-26(14-12-25)30(28,29)18-21-7-5-4-6-8-21/h4-10,15H,11-14,16-18H2,1-3H3/p+1. The number of hydrogen-bond donors (Lipinski definition) is 1. The number of carbonyl (C=O) groups excluding carboxylic acids is 1. The van der Waals surface area contributed by atoms with Gasteiger partial charge in [-0.25, -0.2) is 8.42 Å². The lowest BCUT2D eigenvalue weighted by molar-refractivity contribution is -0.896. The fourth-order valence-corrected chi connectivity index (χ4v) is 5.38. The Morgan fingerprint density at radius 1 is 1.07 bits per heavy atom. The van der Waals surface area contributed by atoms with Crippen LogP contribution in [0.2, 0.25) is 0 Å². The number of amides is 1. The monoisotopic (exact) mass is 430 g/mol. The molecule has 0 saturated carbocycles. The van der Waals surface area contributed by atoms with Crippen LogP contribution < -0.4 is 4.90 Å². The quantitative estimate of drug-likeness (QED) is 0.713. The molecular formula is C23H32N3O3S+. The van der Waals surface area contributed by atoms with Gasteiger partial charge in [-0.15, -0.1) is 0 Å². The van der Waals surface area contributed by atoms with Crippen LogP contribution >= 0.6 is 0 Å². The number of sulfonamides is 1. The minimum absolute atomic E-state index is 0.0285. The molecule has 162 valence electrons. The number of piperazine rings is 1. The molecule has 1 heterocycles. The maximum Gasteiger partial charge on any atom is 0.277 e. The third-order valence-corrected chi connectivity index (χ3v) is 7.60. The molecule has 30 heavy (non-hydrogen) atoms. The van der Waals surface area contributed by atoms with Gasteiger partial charge in [-0.2, -0.15) is 4.31 Å². The Balaban J connectivity index is 1.49. The highest BCUT2D eigenvalue weighted by Gasteiger charge is 2.30. The van der Waals surface area contributed by atoms with E-state index in [4.69, 9.17) is 0 Å². The fourth-order valence-electron chi connectivity index (χ4n) is 3.85. The van der Waals surface area contributed by atoms with Crippen LogP contribution in [0.15, 0.2) is 48.5 Å². The maximum absolute atomic E-state index is 12.7. The third-order valence-electron chi connectivity index (χ3n) is 5.75. The van der Waals surface area contributed by atoms with Crippen LogP contribution in [0.3, 0.4) is 0 Å². The van der Waals surface area contributed by atoms with Gasteiger partial charge in [0.1, 0.15) is 0 Å². The van der Waals surface area contributed by atoms with E-state index in [1.807, 2.05) is 37.4 Å². The molecule has 3 rings (SSSR count). The highest BCUT2D eigenvalue weighted by atomic mass is 32.2. The largest absolute Gasteiger partial charge is 0.337 e. The van der Waals surface area contributed by atoms with Gasteiger partial charge in [-0.1, -0.05) is 54.1 Å². The van der Waals surface area contributed by atoms with E-state index in [0.29, 0.717) is 39.3 Å². The molecule has 1 aliphatic heterocycles. The minimum atomic E-state index is -3.33. The predicted molar refractivity (Wildman–Crippen MR) is 119 cm³/mol.